The van der Waals surface area contributed by atoms with E-state index < -0.39 is 0 Å². The van der Waals surface area contributed by atoms with Crippen LogP contribution in [0.25, 0.3) is 0 Å². The van der Waals surface area contributed by atoms with Crippen LogP contribution in [0.5, 0.6) is 0 Å². The van der Waals surface area contributed by atoms with Crippen molar-refractivity contribution < 1.29 is 9.47 Å². The van der Waals surface area contributed by atoms with Gasteiger partial charge in [0, 0.05) is 26.1 Å². The maximum absolute atomic E-state index is 5.88. The zero-order chi connectivity index (χ0) is 14.6. The lowest BCUT2D eigenvalue weighted by Crippen LogP contribution is -2.36. The molecule has 2 nitrogen and oxygen atoms in total. The molecule has 0 spiro atoms. The quantitative estimate of drug-likeness (QED) is 0.458. The van der Waals surface area contributed by atoms with Crippen molar-refractivity contribution in [2.75, 3.05) is 33.2 Å². The van der Waals surface area contributed by atoms with E-state index in [1.54, 1.807) is 0 Å². The number of halogens is 1. The van der Waals surface area contributed by atoms with Gasteiger partial charge in [-0.05, 0) is 46.7 Å². The molecule has 20 heavy (non-hydrogen) atoms. The lowest BCUT2D eigenvalue weighted by Gasteiger charge is -2.33. The predicted octanol–water partition coefficient (Wildman–Crippen LogP) is 5.83. The number of hydrogen-bond acceptors (Lipinski definition) is 2. The van der Waals surface area contributed by atoms with Gasteiger partial charge < -0.3 is 9.47 Å². The van der Waals surface area contributed by atoms with E-state index in [4.69, 9.17) is 9.47 Å². The zero-order valence-corrected chi connectivity index (χ0v) is 16.9. The van der Waals surface area contributed by atoms with E-state index in [0.717, 1.165) is 26.1 Å². The van der Waals surface area contributed by atoms with Gasteiger partial charge in [0.1, 0.15) is 0 Å². The topological polar surface area (TPSA) is 18.5 Å². The van der Waals surface area contributed by atoms with Crippen LogP contribution in [-0.2, 0) is 9.47 Å². The standard InChI is InChI=1S/C13H26O2.C3H9P.BrH/c1-3-14-13(15-4-2)11-9-7-5-6-8-10-12-13;1-4(2)3;/h3-12H2,1-2H3;1-3H3;1H. The fourth-order valence-electron chi connectivity index (χ4n) is 2.48. The third-order valence-corrected chi connectivity index (χ3v) is 3.18. The first-order valence-corrected chi connectivity index (χ1v) is 10.6. The first-order valence-electron chi connectivity index (χ1n) is 7.95. The van der Waals surface area contributed by atoms with Crippen molar-refractivity contribution in [2.24, 2.45) is 0 Å². The lowest BCUT2D eigenvalue weighted by atomic mass is 10.0. The Kier molecular flexibility index (Phi) is 17.0. The lowest BCUT2D eigenvalue weighted by molar-refractivity contribution is -0.241. The van der Waals surface area contributed by atoms with Crippen molar-refractivity contribution in [3.63, 3.8) is 0 Å². The Labute approximate surface area is 138 Å². The van der Waals surface area contributed by atoms with Gasteiger partial charge in [0.25, 0.3) is 0 Å². The second-order valence-corrected chi connectivity index (χ2v) is 8.42. The van der Waals surface area contributed by atoms with Gasteiger partial charge in [-0.1, -0.05) is 25.7 Å². The molecule has 0 amide bonds. The van der Waals surface area contributed by atoms with Crippen molar-refractivity contribution in [3.05, 3.63) is 0 Å². The van der Waals surface area contributed by atoms with Crippen LogP contribution < -0.4 is 0 Å². The summed E-state index contributed by atoms with van der Waals surface area (Å²) in [5, 5.41) is 0. The molecule has 0 unspecified atom stereocenters. The van der Waals surface area contributed by atoms with Gasteiger partial charge in [-0.25, -0.2) is 0 Å². The Hall–Kier alpha value is 0.830. The summed E-state index contributed by atoms with van der Waals surface area (Å²) in [6, 6.07) is 0. The van der Waals surface area contributed by atoms with Crippen LogP contribution in [0.4, 0.5) is 0 Å². The summed E-state index contributed by atoms with van der Waals surface area (Å²) in [4.78, 5) is 0. The molecule has 0 heterocycles. The Balaban J connectivity index is 0. The van der Waals surface area contributed by atoms with Gasteiger partial charge in [0.2, 0.25) is 0 Å². The molecule has 0 aromatic heterocycles. The van der Waals surface area contributed by atoms with Crippen LogP contribution >= 0.6 is 24.9 Å². The van der Waals surface area contributed by atoms with Gasteiger partial charge in [0.15, 0.2) is 5.79 Å². The third kappa shape index (κ3) is 12.6. The molecular formula is C16H36BrO2P. The fourth-order valence-corrected chi connectivity index (χ4v) is 2.48. The van der Waals surface area contributed by atoms with E-state index in [9.17, 15) is 0 Å². The highest BCUT2D eigenvalue weighted by Crippen LogP contribution is 2.30. The number of hydrogen-bond donors (Lipinski definition) is 0. The third-order valence-electron chi connectivity index (χ3n) is 3.18. The number of ether oxygens (including phenoxy) is 2. The van der Waals surface area contributed by atoms with E-state index in [0.29, 0.717) is 7.92 Å². The molecule has 0 aromatic rings. The molecule has 0 bridgehead atoms. The minimum Gasteiger partial charge on any atom is -0.350 e. The molecule has 0 saturated heterocycles. The summed E-state index contributed by atoms with van der Waals surface area (Å²) in [6.45, 7) is 12.3. The van der Waals surface area contributed by atoms with Crippen molar-refractivity contribution in [1.29, 1.82) is 0 Å². The summed E-state index contributed by atoms with van der Waals surface area (Å²) < 4.78 is 11.8. The van der Waals surface area contributed by atoms with Crippen molar-refractivity contribution in [3.8, 4) is 0 Å². The molecule has 4 heteroatoms. The van der Waals surface area contributed by atoms with E-state index in [-0.39, 0.29) is 22.8 Å². The van der Waals surface area contributed by atoms with Crippen LogP contribution in [0.2, 0.25) is 0 Å². The molecule has 0 aliphatic heterocycles. The van der Waals surface area contributed by atoms with Gasteiger partial charge >= 0.3 is 0 Å². The highest BCUT2D eigenvalue weighted by Gasteiger charge is 2.30. The minimum atomic E-state index is -0.256. The average molecular weight is 371 g/mol. The molecule has 0 radical (unpaired) electrons. The molecule has 124 valence electrons. The first kappa shape index (κ1) is 23.1. The minimum absolute atomic E-state index is 0. The molecule has 1 aliphatic rings. The maximum atomic E-state index is 5.88. The van der Waals surface area contributed by atoms with E-state index >= 15 is 0 Å². The summed E-state index contributed by atoms with van der Waals surface area (Å²) in [5.74, 6) is -0.256. The van der Waals surface area contributed by atoms with Crippen LogP contribution in [-0.4, -0.2) is 39.0 Å². The van der Waals surface area contributed by atoms with Crippen molar-refractivity contribution >= 4 is 24.9 Å². The van der Waals surface area contributed by atoms with Crippen molar-refractivity contribution in [1.82, 2.24) is 0 Å². The summed E-state index contributed by atoms with van der Waals surface area (Å²) in [7, 11) is 0.380. The molecular weight excluding hydrogens is 335 g/mol. The van der Waals surface area contributed by atoms with Gasteiger partial charge in [-0.2, -0.15) is 0 Å². The highest BCUT2D eigenvalue weighted by atomic mass is 79.9. The number of rotatable bonds is 4. The van der Waals surface area contributed by atoms with E-state index in [2.05, 4.69) is 33.8 Å². The summed E-state index contributed by atoms with van der Waals surface area (Å²) >= 11 is 0. The van der Waals surface area contributed by atoms with Crippen LogP contribution in [0.1, 0.15) is 65.2 Å². The Morgan fingerprint density at radius 1 is 0.750 bits per heavy atom. The van der Waals surface area contributed by atoms with E-state index in [1.807, 2.05) is 0 Å². The molecule has 0 atom stereocenters. The Morgan fingerprint density at radius 2 is 1.05 bits per heavy atom. The Morgan fingerprint density at radius 3 is 1.35 bits per heavy atom. The smallest absolute Gasteiger partial charge is 0.168 e. The predicted molar refractivity (Wildman–Crippen MR) is 97.9 cm³/mol. The fraction of sp³-hybridized carbons (Fsp3) is 1.00. The van der Waals surface area contributed by atoms with E-state index in [1.165, 1.54) is 38.5 Å². The highest BCUT2D eigenvalue weighted by molar-refractivity contribution is 8.93. The zero-order valence-electron chi connectivity index (χ0n) is 14.2. The van der Waals surface area contributed by atoms with Crippen molar-refractivity contribution in [2.45, 2.75) is 71.0 Å². The second kappa shape index (κ2) is 14.8. The van der Waals surface area contributed by atoms with Gasteiger partial charge in [-0.3, -0.25) is 0 Å². The van der Waals surface area contributed by atoms with Crippen LogP contribution in [0, 0.1) is 0 Å². The molecule has 1 aliphatic carbocycles. The summed E-state index contributed by atoms with van der Waals surface area (Å²) in [5.41, 5.74) is 0. The molecule has 1 fully saturated rings. The first-order chi connectivity index (χ1) is 9.06. The second-order valence-electron chi connectivity index (χ2n) is 5.74. The molecule has 0 aromatic carbocycles. The molecule has 1 saturated carbocycles. The van der Waals surface area contributed by atoms with Gasteiger partial charge in [-0.15, -0.1) is 24.9 Å². The van der Waals surface area contributed by atoms with Gasteiger partial charge in [0.05, 0.1) is 0 Å². The average Bonchev–Trinajstić information content (AvgIpc) is 2.42. The Bertz CT molecular complexity index is 180. The largest absolute Gasteiger partial charge is 0.350 e. The summed E-state index contributed by atoms with van der Waals surface area (Å²) in [6.07, 6.45) is 10.1. The van der Waals surface area contributed by atoms with Crippen LogP contribution in [0.3, 0.4) is 0 Å². The SMILES string of the molecule is Br.CCOC1(OCC)CCCCCCCC1.CP(C)C. The molecule has 0 N–H and O–H groups in total. The monoisotopic (exact) mass is 370 g/mol. The van der Waals surface area contributed by atoms with Crippen LogP contribution in [0.15, 0.2) is 0 Å². The molecule has 1 rings (SSSR count). The normalized spacial score (nSPS) is 18.9. The maximum Gasteiger partial charge on any atom is 0.168 e.